The van der Waals surface area contributed by atoms with Crippen molar-refractivity contribution in [3.05, 3.63) is 29.8 Å². The molecule has 20 heavy (non-hydrogen) atoms. The maximum absolute atomic E-state index is 12.4. The van der Waals surface area contributed by atoms with Gasteiger partial charge in [-0.25, -0.2) is 0 Å². The lowest BCUT2D eigenvalue weighted by Crippen LogP contribution is -2.34. The smallest absolute Gasteiger partial charge is 0.225 e. The second-order valence-corrected chi connectivity index (χ2v) is 5.60. The third-order valence-electron chi connectivity index (χ3n) is 3.66. The Kier molecular flexibility index (Phi) is 6.56. The summed E-state index contributed by atoms with van der Waals surface area (Å²) in [6, 6.07) is 8.41. The Morgan fingerprint density at radius 2 is 1.75 bits per heavy atom. The Balaban J connectivity index is 2.70. The highest BCUT2D eigenvalue weighted by molar-refractivity contribution is 5.78. The highest BCUT2D eigenvalue weighted by Crippen LogP contribution is 2.16. The molecule has 1 aromatic rings. The molecule has 0 saturated carbocycles. The number of rotatable bonds is 7. The molecule has 0 fully saturated rings. The van der Waals surface area contributed by atoms with Crippen LogP contribution in [0.5, 0.6) is 0 Å². The van der Waals surface area contributed by atoms with Crippen LogP contribution >= 0.6 is 0 Å². The van der Waals surface area contributed by atoms with E-state index in [0.717, 1.165) is 19.4 Å². The summed E-state index contributed by atoms with van der Waals surface area (Å²) in [4.78, 5) is 16.4. The van der Waals surface area contributed by atoms with Gasteiger partial charge in [0.1, 0.15) is 0 Å². The second-order valence-electron chi connectivity index (χ2n) is 5.60. The van der Waals surface area contributed by atoms with Gasteiger partial charge in [-0.15, -0.1) is 0 Å². The average Bonchev–Trinajstić information content (AvgIpc) is 2.44. The van der Waals surface area contributed by atoms with E-state index < -0.39 is 0 Å². The fourth-order valence-electron chi connectivity index (χ4n) is 2.33. The van der Waals surface area contributed by atoms with E-state index in [9.17, 15) is 4.79 Å². The molecule has 3 heteroatoms. The number of carbonyl (C=O) groups excluding carboxylic acids is 1. The fraction of sp³-hybridized carbons (Fsp3) is 0.588. The first-order valence-corrected chi connectivity index (χ1v) is 7.54. The van der Waals surface area contributed by atoms with Gasteiger partial charge in [0.2, 0.25) is 5.91 Å². The quantitative estimate of drug-likeness (QED) is 0.760. The minimum atomic E-state index is 0.126. The fourth-order valence-corrected chi connectivity index (χ4v) is 2.33. The molecule has 0 heterocycles. The second kappa shape index (κ2) is 7.93. The van der Waals surface area contributed by atoms with E-state index in [0.29, 0.717) is 6.54 Å². The van der Waals surface area contributed by atoms with Crippen LogP contribution in [0.3, 0.4) is 0 Å². The Morgan fingerprint density at radius 1 is 1.15 bits per heavy atom. The van der Waals surface area contributed by atoms with Crippen LogP contribution < -0.4 is 4.90 Å². The topological polar surface area (TPSA) is 23.6 Å². The Bertz CT molecular complexity index is 412. The molecule has 1 unspecified atom stereocenters. The largest absolute Gasteiger partial charge is 0.378 e. The van der Waals surface area contributed by atoms with Crippen molar-refractivity contribution in [2.45, 2.75) is 40.2 Å². The van der Waals surface area contributed by atoms with Gasteiger partial charge in [0.25, 0.3) is 0 Å². The van der Waals surface area contributed by atoms with Crippen molar-refractivity contribution < 1.29 is 4.79 Å². The molecule has 0 aliphatic rings. The standard InChI is InChI=1S/C17H28N2O/c1-6-8-14(3)17(20)19(7-2)13-15-9-11-16(12-10-15)18(4)5/h9-12,14H,6-8,13H2,1-5H3. The zero-order valence-corrected chi connectivity index (χ0v) is 13.5. The van der Waals surface area contributed by atoms with Crippen LogP contribution in [0.4, 0.5) is 5.69 Å². The summed E-state index contributed by atoms with van der Waals surface area (Å²) in [5.74, 6) is 0.395. The summed E-state index contributed by atoms with van der Waals surface area (Å²) in [5, 5.41) is 0. The van der Waals surface area contributed by atoms with Crippen LogP contribution in [0.2, 0.25) is 0 Å². The molecule has 0 N–H and O–H groups in total. The van der Waals surface area contributed by atoms with E-state index >= 15 is 0 Å². The third-order valence-corrected chi connectivity index (χ3v) is 3.66. The van der Waals surface area contributed by atoms with Gasteiger partial charge in [0, 0.05) is 38.8 Å². The molecule has 0 aliphatic heterocycles. The number of carbonyl (C=O) groups is 1. The van der Waals surface area contributed by atoms with Gasteiger partial charge in [0.05, 0.1) is 0 Å². The Morgan fingerprint density at radius 3 is 2.20 bits per heavy atom. The molecule has 0 spiro atoms. The van der Waals surface area contributed by atoms with Crippen LogP contribution in [0.15, 0.2) is 24.3 Å². The van der Waals surface area contributed by atoms with Crippen molar-refractivity contribution in [3.63, 3.8) is 0 Å². The van der Waals surface area contributed by atoms with E-state index in [4.69, 9.17) is 0 Å². The maximum atomic E-state index is 12.4. The van der Waals surface area contributed by atoms with E-state index in [1.165, 1.54) is 11.3 Å². The zero-order valence-electron chi connectivity index (χ0n) is 13.5. The third kappa shape index (κ3) is 4.55. The van der Waals surface area contributed by atoms with Crippen molar-refractivity contribution in [1.82, 2.24) is 4.90 Å². The predicted octanol–water partition coefficient (Wildman–Crippen LogP) is 3.54. The molecule has 0 radical (unpaired) electrons. The summed E-state index contributed by atoms with van der Waals surface area (Å²) in [5.41, 5.74) is 2.37. The van der Waals surface area contributed by atoms with Crippen molar-refractivity contribution in [1.29, 1.82) is 0 Å². The summed E-state index contributed by atoms with van der Waals surface area (Å²) >= 11 is 0. The number of anilines is 1. The highest BCUT2D eigenvalue weighted by atomic mass is 16.2. The molecule has 0 aliphatic carbocycles. The first-order chi connectivity index (χ1) is 9.49. The SMILES string of the molecule is CCCC(C)C(=O)N(CC)Cc1ccc(N(C)C)cc1. The predicted molar refractivity (Wildman–Crippen MR) is 85.9 cm³/mol. The average molecular weight is 276 g/mol. The molecule has 1 rings (SSSR count). The highest BCUT2D eigenvalue weighted by Gasteiger charge is 2.18. The molecule has 0 saturated heterocycles. The van der Waals surface area contributed by atoms with Crippen molar-refractivity contribution in [3.8, 4) is 0 Å². The number of amides is 1. The van der Waals surface area contributed by atoms with Crippen molar-refractivity contribution in [2.75, 3.05) is 25.5 Å². The number of hydrogen-bond acceptors (Lipinski definition) is 2. The van der Waals surface area contributed by atoms with Gasteiger partial charge in [-0.2, -0.15) is 0 Å². The monoisotopic (exact) mass is 276 g/mol. The minimum absolute atomic E-state index is 0.126. The normalized spacial score (nSPS) is 12.1. The van der Waals surface area contributed by atoms with E-state index in [1.54, 1.807) is 0 Å². The van der Waals surface area contributed by atoms with Gasteiger partial charge in [-0.05, 0) is 31.0 Å². The van der Waals surface area contributed by atoms with Gasteiger partial charge in [-0.1, -0.05) is 32.4 Å². The van der Waals surface area contributed by atoms with Crippen LogP contribution in [0.25, 0.3) is 0 Å². The molecule has 0 bridgehead atoms. The molecule has 1 aromatic carbocycles. The lowest BCUT2D eigenvalue weighted by molar-refractivity contribution is -0.135. The van der Waals surface area contributed by atoms with E-state index in [2.05, 4.69) is 36.1 Å². The van der Waals surface area contributed by atoms with E-state index in [1.807, 2.05) is 32.8 Å². The first-order valence-electron chi connectivity index (χ1n) is 7.54. The molecular formula is C17H28N2O. The number of nitrogens with zero attached hydrogens (tertiary/aromatic N) is 2. The Labute approximate surface area is 123 Å². The van der Waals surface area contributed by atoms with Crippen LogP contribution in [0.1, 0.15) is 39.2 Å². The van der Waals surface area contributed by atoms with Gasteiger partial charge in [-0.3, -0.25) is 4.79 Å². The summed E-state index contributed by atoms with van der Waals surface area (Å²) in [7, 11) is 4.06. The van der Waals surface area contributed by atoms with Crippen LogP contribution in [0, 0.1) is 5.92 Å². The van der Waals surface area contributed by atoms with Crippen LogP contribution in [-0.2, 0) is 11.3 Å². The zero-order chi connectivity index (χ0) is 15.1. The molecule has 1 atom stereocenters. The van der Waals surface area contributed by atoms with Gasteiger partial charge >= 0.3 is 0 Å². The number of hydrogen-bond donors (Lipinski definition) is 0. The van der Waals surface area contributed by atoms with Crippen LogP contribution in [-0.4, -0.2) is 31.4 Å². The molecule has 3 nitrogen and oxygen atoms in total. The van der Waals surface area contributed by atoms with Crippen molar-refractivity contribution >= 4 is 11.6 Å². The molecule has 112 valence electrons. The van der Waals surface area contributed by atoms with Gasteiger partial charge in [0.15, 0.2) is 0 Å². The number of benzene rings is 1. The van der Waals surface area contributed by atoms with Gasteiger partial charge < -0.3 is 9.80 Å². The minimum Gasteiger partial charge on any atom is -0.378 e. The lowest BCUT2D eigenvalue weighted by atomic mass is 10.0. The van der Waals surface area contributed by atoms with E-state index in [-0.39, 0.29) is 11.8 Å². The summed E-state index contributed by atoms with van der Waals surface area (Å²) in [6.45, 7) is 7.67. The molecule has 0 aromatic heterocycles. The Hall–Kier alpha value is -1.51. The maximum Gasteiger partial charge on any atom is 0.225 e. The van der Waals surface area contributed by atoms with Crippen molar-refractivity contribution in [2.24, 2.45) is 5.92 Å². The first kappa shape index (κ1) is 16.5. The summed E-state index contributed by atoms with van der Waals surface area (Å²) in [6.07, 6.45) is 2.02. The molecular weight excluding hydrogens is 248 g/mol. The summed E-state index contributed by atoms with van der Waals surface area (Å²) < 4.78 is 0. The lowest BCUT2D eigenvalue weighted by Gasteiger charge is -2.24. The molecule has 1 amide bonds.